The van der Waals surface area contributed by atoms with Crippen molar-refractivity contribution in [3.8, 4) is 5.75 Å². The average molecular weight is 388 g/mol. The molecule has 2 aromatic carbocycles. The molecule has 0 unspecified atom stereocenters. The minimum atomic E-state index is -3.81. The zero-order valence-electron chi connectivity index (χ0n) is 14.4. The Bertz CT molecular complexity index is 1010. The molecule has 140 valence electrons. The van der Waals surface area contributed by atoms with Gasteiger partial charge in [-0.25, -0.2) is 12.8 Å². The SMILES string of the molecule is CCOc1ccc(S(=O)(=O)Nc2ccc(Nc3ccccc3F)nn2)cc1. The second kappa shape index (κ2) is 8.00. The van der Waals surface area contributed by atoms with Crippen LogP contribution in [0, 0.1) is 5.82 Å². The molecule has 0 aliphatic heterocycles. The maximum atomic E-state index is 13.6. The van der Waals surface area contributed by atoms with E-state index < -0.39 is 15.8 Å². The summed E-state index contributed by atoms with van der Waals surface area (Å²) < 4.78 is 46.1. The fourth-order valence-corrected chi connectivity index (χ4v) is 3.23. The Balaban J connectivity index is 1.70. The zero-order valence-corrected chi connectivity index (χ0v) is 15.2. The van der Waals surface area contributed by atoms with Crippen LogP contribution in [0.2, 0.25) is 0 Å². The highest BCUT2D eigenvalue weighted by Gasteiger charge is 2.15. The van der Waals surface area contributed by atoms with E-state index in [0.29, 0.717) is 12.4 Å². The number of anilines is 3. The van der Waals surface area contributed by atoms with Gasteiger partial charge in [0.2, 0.25) is 0 Å². The lowest BCUT2D eigenvalue weighted by atomic mass is 10.3. The standard InChI is InChI=1S/C18H17FN4O3S/c1-2-26-13-7-9-14(10-8-13)27(24,25)23-18-12-11-17(21-22-18)20-16-6-4-3-5-15(16)19/h3-12H,2H2,1H3,(H,20,21)(H,22,23). The summed E-state index contributed by atoms with van der Waals surface area (Å²) in [7, 11) is -3.81. The van der Waals surface area contributed by atoms with Gasteiger partial charge >= 0.3 is 0 Å². The second-order valence-electron chi connectivity index (χ2n) is 5.42. The van der Waals surface area contributed by atoms with Crippen LogP contribution in [0.4, 0.5) is 21.7 Å². The first-order valence-corrected chi connectivity index (χ1v) is 9.57. The molecular weight excluding hydrogens is 371 g/mol. The Hall–Kier alpha value is -3.20. The molecule has 0 saturated heterocycles. The number of hydrogen-bond acceptors (Lipinski definition) is 6. The number of para-hydroxylation sites is 1. The van der Waals surface area contributed by atoms with Crippen LogP contribution in [-0.4, -0.2) is 25.2 Å². The Kier molecular flexibility index (Phi) is 5.51. The van der Waals surface area contributed by atoms with Gasteiger partial charge in [-0.2, -0.15) is 0 Å². The topological polar surface area (TPSA) is 93.2 Å². The molecule has 7 nitrogen and oxygen atoms in total. The summed E-state index contributed by atoms with van der Waals surface area (Å²) in [6.45, 7) is 2.34. The third kappa shape index (κ3) is 4.70. The molecule has 2 N–H and O–H groups in total. The van der Waals surface area contributed by atoms with Crippen LogP contribution in [0.3, 0.4) is 0 Å². The molecule has 3 rings (SSSR count). The van der Waals surface area contributed by atoms with Gasteiger partial charge in [0, 0.05) is 0 Å². The molecule has 0 spiro atoms. The van der Waals surface area contributed by atoms with Crippen molar-refractivity contribution in [3.63, 3.8) is 0 Å². The van der Waals surface area contributed by atoms with Crippen molar-refractivity contribution in [2.24, 2.45) is 0 Å². The van der Waals surface area contributed by atoms with E-state index in [0.717, 1.165) is 0 Å². The van der Waals surface area contributed by atoms with Crippen LogP contribution in [-0.2, 0) is 10.0 Å². The van der Waals surface area contributed by atoms with Crippen LogP contribution in [0.15, 0.2) is 65.6 Å². The lowest BCUT2D eigenvalue weighted by molar-refractivity contribution is 0.340. The van der Waals surface area contributed by atoms with Crippen molar-refractivity contribution in [1.29, 1.82) is 0 Å². The molecule has 0 radical (unpaired) electrons. The van der Waals surface area contributed by atoms with Gasteiger partial charge in [-0.3, -0.25) is 4.72 Å². The number of aromatic nitrogens is 2. The molecule has 3 aromatic rings. The van der Waals surface area contributed by atoms with Crippen LogP contribution in [0.1, 0.15) is 6.92 Å². The number of rotatable bonds is 7. The minimum absolute atomic E-state index is 0.0444. The first kappa shape index (κ1) is 18.6. The normalized spacial score (nSPS) is 11.0. The highest BCUT2D eigenvalue weighted by Crippen LogP contribution is 2.20. The molecular formula is C18H17FN4O3S. The first-order valence-electron chi connectivity index (χ1n) is 8.09. The van der Waals surface area contributed by atoms with Crippen LogP contribution >= 0.6 is 0 Å². The molecule has 27 heavy (non-hydrogen) atoms. The second-order valence-corrected chi connectivity index (χ2v) is 7.10. The molecule has 0 atom stereocenters. The third-order valence-electron chi connectivity index (χ3n) is 3.49. The summed E-state index contributed by atoms with van der Waals surface area (Å²) in [4.78, 5) is 0.0707. The predicted octanol–water partition coefficient (Wildman–Crippen LogP) is 3.56. The summed E-state index contributed by atoms with van der Waals surface area (Å²) >= 11 is 0. The Labute approximate surface area is 156 Å². The van der Waals surface area contributed by atoms with E-state index in [1.165, 1.54) is 30.3 Å². The molecule has 1 heterocycles. The summed E-state index contributed by atoms with van der Waals surface area (Å²) in [5, 5.41) is 10.4. The number of ether oxygens (including phenoxy) is 1. The Morgan fingerprint density at radius 2 is 1.63 bits per heavy atom. The van der Waals surface area contributed by atoms with E-state index >= 15 is 0 Å². The Morgan fingerprint density at radius 1 is 0.963 bits per heavy atom. The smallest absolute Gasteiger partial charge is 0.263 e. The molecule has 0 fully saturated rings. The van der Waals surface area contributed by atoms with Gasteiger partial charge in [0.1, 0.15) is 11.6 Å². The molecule has 0 aliphatic carbocycles. The van der Waals surface area contributed by atoms with Crippen molar-refractivity contribution in [2.45, 2.75) is 11.8 Å². The van der Waals surface area contributed by atoms with Crippen molar-refractivity contribution < 1.29 is 17.5 Å². The van der Waals surface area contributed by atoms with Gasteiger partial charge < -0.3 is 10.1 Å². The highest BCUT2D eigenvalue weighted by molar-refractivity contribution is 7.92. The quantitative estimate of drug-likeness (QED) is 0.643. The number of halogens is 1. The van der Waals surface area contributed by atoms with Gasteiger partial charge in [-0.1, -0.05) is 12.1 Å². The molecule has 0 saturated carbocycles. The predicted molar refractivity (Wildman–Crippen MR) is 100 cm³/mol. The largest absolute Gasteiger partial charge is 0.494 e. The van der Waals surface area contributed by atoms with E-state index in [2.05, 4.69) is 20.2 Å². The van der Waals surface area contributed by atoms with Crippen molar-refractivity contribution >= 4 is 27.3 Å². The maximum absolute atomic E-state index is 13.6. The van der Waals surface area contributed by atoms with Gasteiger partial charge in [-0.05, 0) is 55.5 Å². The van der Waals surface area contributed by atoms with E-state index in [1.807, 2.05) is 6.92 Å². The van der Waals surface area contributed by atoms with E-state index in [1.54, 1.807) is 30.3 Å². The number of nitrogens with zero attached hydrogens (tertiary/aromatic N) is 2. The monoisotopic (exact) mass is 388 g/mol. The molecule has 1 aromatic heterocycles. The van der Waals surface area contributed by atoms with E-state index in [4.69, 9.17) is 4.74 Å². The summed E-state index contributed by atoms with van der Waals surface area (Å²) in [6, 6.07) is 15.1. The summed E-state index contributed by atoms with van der Waals surface area (Å²) in [5.41, 5.74) is 0.245. The first-order chi connectivity index (χ1) is 13.0. The number of benzene rings is 2. The van der Waals surface area contributed by atoms with E-state index in [9.17, 15) is 12.8 Å². The van der Waals surface area contributed by atoms with Crippen LogP contribution < -0.4 is 14.8 Å². The Morgan fingerprint density at radius 3 is 2.26 bits per heavy atom. The minimum Gasteiger partial charge on any atom is -0.494 e. The van der Waals surface area contributed by atoms with Crippen LogP contribution in [0.5, 0.6) is 5.75 Å². The maximum Gasteiger partial charge on any atom is 0.263 e. The lowest BCUT2D eigenvalue weighted by Crippen LogP contribution is -2.14. The zero-order chi connectivity index (χ0) is 19.3. The average Bonchev–Trinajstić information content (AvgIpc) is 2.66. The fraction of sp³-hybridized carbons (Fsp3) is 0.111. The summed E-state index contributed by atoms with van der Waals surface area (Å²) in [6.07, 6.45) is 0. The van der Waals surface area contributed by atoms with Gasteiger partial charge in [0.25, 0.3) is 10.0 Å². The molecule has 0 aliphatic rings. The molecule has 0 bridgehead atoms. The lowest BCUT2D eigenvalue weighted by Gasteiger charge is -2.09. The third-order valence-corrected chi connectivity index (χ3v) is 4.86. The summed E-state index contributed by atoms with van der Waals surface area (Å²) in [5.74, 6) is 0.478. The van der Waals surface area contributed by atoms with Gasteiger partial charge in [-0.15, -0.1) is 10.2 Å². The number of nitrogens with one attached hydrogen (secondary N) is 2. The molecule has 9 heteroatoms. The van der Waals surface area contributed by atoms with E-state index in [-0.39, 0.29) is 22.2 Å². The number of sulfonamides is 1. The van der Waals surface area contributed by atoms with Crippen molar-refractivity contribution in [1.82, 2.24) is 10.2 Å². The van der Waals surface area contributed by atoms with Crippen LogP contribution in [0.25, 0.3) is 0 Å². The molecule has 0 amide bonds. The number of hydrogen-bond donors (Lipinski definition) is 2. The highest BCUT2D eigenvalue weighted by atomic mass is 32.2. The van der Waals surface area contributed by atoms with Gasteiger partial charge in [0.15, 0.2) is 11.6 Å². The van der Waals surface area contributed by atoms with Crippen molar-refractivity contribution in [2.75, 3.05) is 16.6 Å². The fourth-order valence-electron chi connectivity index (χ4n) is 2.23. The van der Waals surface area contributed by atoms with Gasteiger partial charge in [0.05, 0.1) is 17.2 Å². The van der Waals surface area contributed by atoms with Crippen molar-refractivity contribution in [3.05, 3.63) is 66.5 Å².